The van der Waals surface area contributed by atoms with Crippen molar-refractivity contribution in [2.45, 2.75) is 33.7 Å². The minimum absolute atomic E-state index is 0.108. The van der Waals surface area contributed by atoms with Gasteiger partial charge >= 0.3 is 5.97 Å². The molecule has 6 nitrogen and oxygen atoms in total. The molecule has 0 aromatic carbocycles. The third-order valence-corrected chi connectivity index (χ3v) is 2.25. The fraction of sp³-hybridized carbons (Fsp3) is 0.583. The number of carbonyl (C=O) groups is 3. The zero-order valence-corrected chi connectivity index (χ0v) is 11.4. The van der Waals surface area contributed by atoms with Gasteiger partial charge in [0.2, 0.25) is 5.91 Å². The Morgan fingerprint density at radius 1 is 1.22 bits per heavy atom. The minimum Gasteiger partial charge on any atom is -0.467 e. The first-order valence-electron chi connectivity index (χ1n) is 5.66. The lowest BCUT2D eigenvalue weighted by Gasteiger charge is -2.20. The lowest BCUT2D eigenvalue weighted by Crippen LogP contribution is -2.47. The van der Waals surface area contributed by atoms with E-state index in [2.05, 4.69) is 15.4 Å². The van der Waals surface area contributed by atoms with E-state index in [1.807, 2.05) is 0 Å². The number of nitrogens with one attached hydrogen (secondary N) is 2. The molecule has 0 radical (unpaired) electrons. The predicted molar refractivity (Wildman–Crippen MR) is 66.4 cm³/mol. The summed E-state index contributed by atoms with van der Waals surface area (Å²) in [5, 5.41) is 4.92. The molecule has 0 heterocycles. The second-order valence-corrected chi connectivity index (χ2v) is 4.10. The molecule has 0 aliphatic carbocycles. The summed E-state index contributed by atoms with van der Waals surface area (Å²) in [7, 11) is 1.26. The molecular weight excluding hydrogens is 236 g/mol. The quantitative estimate of drug-likeness (QED) is 0.549. The number of ether oxygens (including phenoxy) is 1. The summed E-state index contributed by atoms with van der Waals surface area (Å²) < 4.78 is 4.61. The maximum atomic E-state index is 11.8. The van der Waals surface area contributed by atoms with E-state index < -0.39 is 17.9 Å². The van der Waals surface area contributed by atoms with Crippen molar-refractivity contribution in [1.29, 1.82) is 0 Å². The van der Waals surface area contributed by atoms with Crippen LogP contribution in [0, 0.1) is 5.92 Å². The molecule has 102 valence electrons. The summed E-state index contributed by atoms with van der Waals surface area (Å²) in [6, 6.07) is -0.744. The number of amides is 2. The van der Waals surface area contributed by atoms with Crippen LogP contribution in [0.2, 0.25) is 0 Å². The van der Waals surface area contributed by atoms with Gasteiger partial charge in [-0.3, -0.25) is 9.59 Å². The van der Waals surface area contributed by atoms with Crippen LogP contribution >= 0.6 is 0 Å². The number of allylic oxidation sites excluding steroid dienone is 1. The van der Waals surface area contributed by atoms with Gasteiger partial charge in [0.25, 0.3) is 5.91 Å². The third kappa shape index (κ3) is 4.99. The Morgan fingerprint density at radius 3 is 2.11 bits per heavy atom. The number of rotatable bonds is 5. The molecule has 0 saturated carbocycles. The van der Waals surface area contributed by atoms with Crippen molar-refractivity contribution in [1.82, 2.24) is 10.6 Å². The molecule has 0 saturated heterocycles. The monoisotopic (exact) mass is 256 g/mol. The maximum Gasteiger partial charge on any atom is 0.328 e. The van der Waals surface area contributed by atoms with Gasteiger partial charge < -0.3 is 15.4 Å². The van der Waals surface area contributed by atoms with Crippen LogP contribution in [0.25, 0.3) is 0 Å². The number of hydrogen-bond donors (Lipinski definition) is 2. The molecule has 0 fully saturated rings. The smallest absolute Gasteiger partial charge is 0.328 e. The lowest BCUT2D eigenvalue weighted by molar-refractivity contribution is -0.146. The number of esters is 1. The van der Waals surface area contributed by atoms with Crippen LogP contribution < -0.4 is 10.6 Å². The van der Waals surface area contributed by atoms with Gasteiger partial charge in [0.05, 0.1) is 7.11 Å². The Balaban J connectivity index is 4.78. The average molecular weight is 256 g/mol. The Bertz CT molecular complexity index is 361. The molecule has 1 unspecified atom stereocenters. The average Bonchev–Trinajstić information content (AvgIpc) is 2.30. The number of methoxy groups -OCH3 is 1. The maximum absolute atomic E-state index is 11.8. The van der Waals surface area contributed by atoms with E-state index >= 15 is 0 Å². The van der Waals surface area contributed by atoms with Gasteiger partial charge in [-0.25, -0.2) is 4.79 Å². The molecule has 6 heteroatoms. The van der Waals surface area contributed by atoms with Gasteiger partial charge in [-0.1, -0.05) is 19.9 Å². The second kappa shape index (κ2) is 7.47. The van der Waals surface area contributed by atoms with Crippen LogP contribution in [0.4, 0.5) is 0 Å². The van der Waals surface area contributed by atoms with E-state index in [1.54, 1.807) is 20.8 Å². The normalized spacial score (nSPS) is 12.9. The molecule has 18 heavy (non-hydrogen) atoms. The van der Waals surface area contributed by atoms with Gasteiger partial charge in [-0.2, -0.15) is 0 Å². The van der Waals surface area contributed by atoms with Crippen molar-refractivity contribution >= 4 is 17.8 Å². The molecule has 0 aliphatic rings. The van der Waals surface area contributed by atoms with Gasteiger partial charge in [0, 0.05) is 6.92 Å². The van der Waals surface area contributed by atoms with Crippen LogP contribution in [0.1, 0.15) is 27.7 Å². The van der Waals surface area contributed by atoms with Crippen molar-refractivity contribution in [2.75, 3.05) is 7.11 Å². The van der Waals surface area contributed by atoms with Gasteiger partial charge in [-0.15, -0.1) is 0 Å². The topological polar surface area (TPSA) is 84.5 Å². The molecular formula is C12H20N2O4. The molecule has 0 rings (SSSR count). The van der Waals surface area contributed by atoms with E-state index in [9.17, 15) is 14.4 Å². The van der Waals surface area contributed by atoms with E-state index in [4.69, 9.17) is 0 Å². The molecule has 0 spiro atoms. The highest BCUT2D eigenvalue weighted by atomic mass is 16.5. The van der Waals surface area contributed by atoms with Crippen molar-refractivity contribution in [3.63, 3.8) is 0 Å². The van der Waals surface area contributed by atoms with Gasteiger partial charge in [-0.05, 0) is 12.8 Å². The fourth-order valence-electron chi connectivity index (χ4n) is 1.29. The first kappa shape index (κ1) is 16.1. The van der Waals surface area contributed by atoms with Crippen LogP contribution in [-0.4, -0.2) is 30.9 Å². The largest absolute Gasteiger partial charge is 0.467 e. The van der Waals surface area contributed by atoms with E-state index in [0.717, 1.165) is 0 Å². The van der Waals surface area contributed by atoms with Crippen molar-refractivity contribution < 1.29 is 19.1 Å². The summed E-state index contributed by atoms with van der Waals surface area (Å²) in [5.74, 6) is -1.50. The highest BCUT2D eigenvalue weighted by molar-refractivity contribution is 5.98. The number of carbonyl (C=O) groups excluding carboxylic acids is 3. The zero-order valence-electron chi connectivity index (χ0n) is 11.4. The summed E-state index contributed by atoms with van der Waals surface area (Å²) >= 11 is 0. The first-order valence-corrected chi connectivity index (χ1v) is 5.66. The summed E-state index contributed by atoms with van der Waals surface area (Å²) in [6.45, 7) is 6.50. The lowest BCUT2D eigenvalue weighted by atomic mass is 10.0. The van der Waals surface area contributed by atoms with Crippen molar-refractivity contribution in [3.05, 3.63) is 11.8 Å². The Kier molecular flexibility index (Phi) is 6.70. The van der Waals surface area contributed by atoms with Crippen molar-refractivity contribution in [3.8, 4) is 0 Å². The highest BCUT2D eigenvalue weighted by Gasteiger charge is 2.26. The highest BCUT2D eigenvalue weighted by Crippen LogP contribution is 2.04. The molecule has 0 aromatic rings. The molecule has 0 aromatic heterocycles. The summed E-state index contributed by atoms with van der Waals surface area (Å²) in [4.78, 5) is 34.2. The Morgan fingerprint density at radius 2 is 1.78 bits per heavy atom. The minimum atomic E-state index is -0.744. The molecule has 2 amide bonds. The van der Waals surface area contributed by atoms with E-state index in [0.29, 0.717) is 0 Å². The van der Waals surface area contributed by atoms with Crippen LogP contribution in [0.15, 0.2) is 11.8 Å². The SMILES string of the molecule is CC=C(NC(C)=O)C(=O)NC(C(=O)OC)C(C)C. The van der Waals surface area contributed by atoms with Gasteiger partial charge in [0.15, 0.2) is 0 Å². The first-order chi connectivity index (χ1) is 8.33. The summed E-state index contributed by atoms with van der Waals surface area (Å²) in [5.41, 5.74) is 0.108. The predicted octanol–water partition coefficient (Wildman–Crippen LogP) is 0.340. The fourth-order valence-corrected chi connectivity index (χ4v) is 1.29. The van der Waals surface area contributed by atoms with Crippen LogP contribution in [0.3, 0.4) is 0 Å². The molecule has 1 atom stereocenters. The zero-order chi connectivity index (χ0) is 14.3. The Labute approximate surface area is 107 Å². The van der Waals surface area contributed by atoms with Crippen LogP contribution in [0.5, 0.6) is 0 Å². The second-order valence-electron chi connectivity index (χ2n) is 4.10. The Hall–Kier alpha value is -1.85. The summed E-state index contributed by atoms with van der Waals surface area (Å²) in [6.07, 6.45) is 1.46. The standard InChI is InChI=1S/C12H20N2O4/c1-6-9(13-8(4)15)11(16)14-10(7(2)3)12(17)18-5/h6-7,10H,1-5H3,(H,13,15)(H,14,16). The van der Waals surface area contributed by atoms with Crippen LogP contribution in [-0.2, 0) is 19.1 Å². The van der Waals surface area contributed by atoms with Crippen molar-refractivity contribution in [2.24, 2.45) is 5.92 Å². The van der Waals surface area contributed by atoms with E-state index in [-0.39, 0.29) is 17.5 Å². The number of hydrogen-bond acceptors (Lipinski definition) is 4. The van der Waals surface area contributed by atoms with E-state index in [1.165, 1.54) is 20.1 Å². The van der Waals surface area contributed by atoms with Gasteiger partial charge in [0.1, 0.15) is 11.7 Å². The molecule has 0 bridgehead atoms. The third-order valence-electron chi connectivity index (χ3n) is 2.25. The molecule has 0 aliphatic heterocycles. The molecule has 2 N–H and O–H groups in total.